The Bertz CT molecular complexity index is 334. The van der Waals surface area contributed by atoms with Crippen molar-refractivity contribution in [1.82, 2.24) is 10.6 Å². The molecule has 2 fully saturated rings. The highest BCUT2D eigenvalue weighted by Gasteiger charge is 2.27. The Morgan fingerprint density at radius 3 is 2.75 bits per heavy atom. The van der Waals surface area contributed by atoms with E-state index in [-0.39, 0.29) is 12.1 Å². The van der Waals surface area contributed by atoms with Crippen LogP contribution < -0.4 is 10.6 Å². The largest absolute Gasteiger partial charge is 0.388 e. The summed E-state index contributed by atoms with van der Waals surface area (Å²) in [4.78, 5) is 4.55. The van der Waals surface area contributed by atoms with Crippen LogP contribution in [-0.2, 0) is 4.74 Å². The molecule has 20 heavy (non-hydrogen) atoms. The lowest BCUT2D eigenvalue weighted by atomic mass is 10.1. The first-order valence-electron chi connectivity index (χ1n) is 7.91. The first-order valence-corrected chi connectivity index (χ1v) is 7.91. The van der Waals surface area contributed by atoms with Gasteiger partial charge in [0.1, 0.15) is 0 Å². The maximum absolute atomic E-state index is 10.1. The van der Waals surface area contributed by atoms with Crippen molar-refractivity contribution in [1.29, 1.82) is 0 Å². The van der Waals surface area contributed by atoms with E-state index in [2.05, 4.69) is 22.5 Å². The Balaban J connectivity index is 1.89. The standard InChI is InChI=1S/C15H29N3O2/c1-4-15(3,19)10-16-14(18-12-7-8-12)17-11(2)13-6-5-9-20-13/h11-13,19H,4-10H2,1-3H3,(H2,16,17,18)/t11-,13+,15+/m1/s1. The van der Waals surface area contributed by atoms with Gasteiger partial charge in [0.05, 0.1) is 24.3 Å². The van der Waals surface area contributed by atoms with Gasteiger partial charge in [-0.1, -0.05) is 6.92 Å². The molecule has 3 N–H and O–H groups in total. The van der Waals surface area contributed by atoms with Crippen LogP contribution in [0.5, 0.6) is 0 Å². The van der Waals surface area contributed by atoms with Crippen LogP contribution in [-0.4, -0.2) is 48.0 Å². The third-order valence-electron chi connectivity index (χ3n) is 4.14. The molecule has 1 saturated carbocycles. The zero-order chi connectivity index (χ0) is 14.6. The maximum atomic E-state index is 10.1. The molecule has 116 valence electrons. The van der Waals surface area contributed by atoms with Crippen molar-refractivity contribution >= 4 is 5.96 Å². The van der Waals surface area contributed by atoms with Crippen LogP contribution in [0.4, 0.5) is 0 Å². The van der Waals surface area contributed by atoms with E-state index in [1.54, 1.807) is 0 Å². The van der Waals surface area contributed by atoms with Gasteiger partial charge in [-0.25, -0.2) is 0 Å². The number of guanidine groups is 1. The van der Waals surface area contributed by atoms with Crippen LogP contribution in [0.1, 0.15) is 52.9 Å². The van der Waals surface area contributed by atoms with Gasteiger partial charge in [0.15, 0.2) is 5.96 Å². The maximum Gasteiger partial charge on any atom is 0.191 e. The molecule has 5 nitrogen and oxygen atoms in total. The highest BCUT2D eigenvalue weighted by Crippen LogP contribution is 2.19. The number of nitrogens with zero attached hydrogens (tertiary/aromatic N) is 1. The molecule has 0 aromatic heterocycles. The fourth-order valence-electron chi connectivity index (χ4n) is 2.22. The molecule has 3 atom stereocenters. The first kappa shape index (κ1) is 15.6. The van der Waals surface area contributed by atoms with E-state index in [9.17, 15) is 5.11 Å². The van der Waals surface area contributed by atoms with E-state index < -0.39 is 5.60 Å². The van der Waals surface area contributed by atoms with E-state index in [0.29, 0.717) is 19.0 Å². The molecule has 1 aliphatic heterocycles. The van der Waals surface area contributed by atoms with Crippen molar-refractivity contribution in [2.45, 2.75) is 76.7 Å². The molecule has 1 aliphatic carbocycles. The molecule has 0 spiro atoms. The molecule has 1 heterocycles. The lowest BCUT2D eigenvalue weighted by molar-refractivity contribution is 0.0654. The van der Waals surface area contributed by atoms with E-state index >= 15 is 0 Å². The van der Waals surface area contributed by atoms with Gasteiger partial charge in [0.2, 0.25) is 0 Å². The minimum atomic E-state index is -0.731. The summed E-state index contributed by atoms with van der Waals surface area (Å²) < 4.78 is 5.71. The molecule has 2 aliphatic rings. The van der Waals surface area contributed by atoms with E-state index in [1.807, 2.05) is 13.8 Å². The third kappa shape index (κ3) is 4.94. The average Bonchev–Trinajstić information content (AvgIpc) is 3.06. The molecule has 0 aromatic carbocycles. The summed E-state index contributed by atoms with van der Waals surface area (Å²) in [5, 5.41) is 16.9. The van der Waals surface area contributed by atoms with Crippen molar-refractivity contribution in [2.75, 3.05) is 13.2 Å². The van der Waals surface area contributed by atoms with Crippen LogP contribution in [0.2, 0.25) is 0 Å². The average molecular weight is 283 g/mol. The van der Waals surface area contributed by atoms with Gasteiger partial charge >= 0.3 is 0 Å². The Labute approximate surface area is 122 Å². The van der Waals surface area contributed by atoms with Gasteiger partial charge in [-0.15, -0.1) is 0 Å². The molecule has 0 unspecified atom stereocenters. The number of hydrogen-bond acceptors (Lipinski definition) is 3. The van der Waals surface area contributed by atoms with Crippen molar-refractivity contribution in [3.05, 3.63) is 0 Å². The van der Waals surface area contributed by atoms with E-state index in [4.69, 9.17) is 4.74 Å². The molecular formula is C15H29N3O2. The molecule has 2 rings (SSSR count). The topological polar surface area (TPSA) is 65.9 Å². The Kier molecular flexibility index (Phi) is 5.27. The summed E-state index contributed by atoms with van der Waals surface area (Å²) in [6.45, 7) is 7.23. The molecule has 1 saturated heterocycles. The molecule has 0 amide bonds. The summed E-state index contributed by atoms with van der Waals surface area (Å²) in [6, 6.07) is 0.790. The quantitative estimate of drug-likeness (QED) is 0.509. The molecule has 0 bridgehead atoms. The van der Waals surface area contributed by atoms with Crippen LogP contribution in [0, 0.1) is 0 Å². The lowest BCUT2D eigenvalue weighted by Gasteiger charge is -2.24. The SMILES string of the molecule is CC[C@](C)(O)CN=C(NC1CC1)N[C@H](C)[C@@H]1CCCO1. The van der Waals surface area contributed by atoms with Gasteiger partial charge < -0.3 is 20.5 Å². The fourth-order valence-corrected chi connectivity index (χ4v) is 2.22. The monoisotopic (exact) mass is 283 g/mol. The van der Waals surface area contributed by atoms with Crippen molar-refractivity contribution in [3.63, 3.8) is 0 Å². The number of hydrogen-bond donors (Lipinski definition) is 3. The number of rotatable bonds is 6. The predicted molar refractivity (Wildman–Crippen MR) is 80.9 cm³/mol. The number of nitrogens with one attached hydrogen (secondary N) is 2. The lowest BCUT2D eigenvalue weighted by Crippen LogP contribution is -2.48. The van der Waals surface area contributed by atoms with Gasteiger partial charge in [0.25, 0.3) is 0 Å². The second kappa shape index (κ2) is 6.76. The summed E-state index contributed by atoms with van der Waals surface area (Å²) in [7, 11) is 0. The van der Waals surface area contributed by atoms with Gasteiger partial charge in [-0.05, 0) is 46.0 Å². The van der Waals surface area contributed by atoms with Gasteiger partial charge in [0, 0.05) is 12.6 Å². The minimum Gasteiger partial charge on any atom is -0.388 e. The Hall–Kier alpha value is -0.810. The first-order chi connectivity index (χ1) is 9.50. The van der Waals surface area contributed by atoms with Gasteiger partial charge in [-0.3, -0.25) is 4.99 Å². The number of aliphatic imine (C=N–C) groups is 1. The van der Waals surface area contributed by atoms with Crippen molar-refractivity contribution < 1.29 is 9.84 Å². The number of ether oxygens (including phenoxy) is 1. The van der Waals surface area contributed by atoms with Crippen LogP contribution in [0.3, 0.4) is 0 Å². The highest BCUT2D eigenvalue weighted by molar-refractivity contribution is 5.80. The zero-order valence-electron chi connectivity index (χ0n) is 13.0. The summed E-state index contributed by atoms with van der Waals surface area (Å²) >= 11 is 0. The fraction of sp³-hybridized carbons (Fsp3) is 0.933. The normalized spacial score (nSPS) is 28.0. The summed E-state index contributed by atoms with van der Waals surface area (Å²) in [6.07, 6.45) is 5.64. The van der Waals surface area contributed by atoms with Crippen LogP contribution >= 0.6 is 0 Å². The third-order valence-corrected chi connectivity index (χ3v) is 4.14. The minimum absolute atomic E-state index is 0.245. The van der Waals surface area contributed by atoms with Crippen LogP contribution in [0.15, 0.2) is 4.99 Å². The highest BCUT2D eigenvalue weighted by atomic mass is 16.5. The summed E-state index contributed by atoms with van der Waals surface area (Å²) in [5.74, 6) is 0.809. The zero-order valence-corrected chi connectivity index (χ0v) is 13.0. The van der Waals surface area contributed by atoms with Gasteiger partial charge in [-0.2, -0.15) is 0 Å². The van der Waals surface area contributed by atoms with E-state index in [0.717, 1.165) is 25.4 Å². The van der Waals surface area contributed by atoms with E-state index in [1.165, 1.54) is 12.8 Å². The Morgan fingerprint density at radius 2 is 2.20 bits per heavy atom. The summed E-state index contributed by atoms with van der Waals surface area (Å²) in [5.41, 5.74) is -0.731. The molecule has 0 radical (unpaired) electrons. The Morgan fingerprint density at radius 1 is 1.45 bits per heavy atom. The van der Waals surface area contributed by atoms with Crippen LogP contribution in [0.25, 0.3) is 0 Å². The molecule has 5 heteroatoms. The van der Waals surface area contributed by atoms with Crippen molar-refractivity contribution in [2.24, 2.45) is 4.99 Å². The van der Waals surface area contributed by atoms with Crippen molar-refractivity contribution in [3.8, 4) is 0 Å². The smallest absolute Gasteiger partial charge is 0.191 e. The second-order valence-corrected chi connectivity index (χ2v) is 6.42. The predicted octanol–water partition coefficient (Wildman–Crippen LogP) is 1.41. The second-order valence-electron chi connectivity index (χ2n) is 6.42. The molecule has 0 aromatic rings. The number of aliphatic hydroxyl groups is 1. The molecular weight excluding hydrogens is 254 g/mol.